The van der Waals surface area contributed by atoms with Gasteiger partial charge in [0.15, 0.2) is 0 Å². The summed E-state index contributed by atoms with van der Waals surface area (Å²) in [5, 5.41) is 10.5. The third-order valence-electron chi connectivity index (χ3n) is 5.57. The van der Waals surface area contributed by atoms with E-state index in [1.807, 2.05) is 0 Å². The minimum atomic E-state index is 0.581. The first-order chi connectivity index (χ1) is 11.4. The van der Waals surface area contributed by atoms with Crippen LogP contribution in [0.5, 0.6) is 0 Å². The molecule has 0 amide bonds. The molecule has 2 unspecified atom stereocenters. The molecule has 1 saturated carbocycles. The van der Waals surface area contributed by atoms with Crippen LogP contribution in [0.2, 0.25) is 0 Å². The van der Waals surface area contributed by atoms with Crippen LogP contribution in [0.25, 0.3) is 10.8 Å². The lowest BCUT2D eigenvalue weighted by Gasteiger charge is -2.32. The molecule has 0 aliphatic heterocycles. The lowest BCUT2D eigenvalue weighted by molar-refractivity contribution is 0.358. The van der Waals surface area contributed by atoms with E-state index >= 15 is 0 Å². The number of nitrogens with one attached hydrogen (secondary N) is 1. The van der Waals surface area contributed by atoms with E-state index in [1.165, 1.54) is 42.0 Å². The van der Waals surface area contributed by atoms with Crippen molar-refractivity contribution in [2.24, 2.45) is 5.92 Å². The van der Waals surface area contributed by atoms with Gasteiger partial charge in [0.1, 0.15) is 0 Å². The van der Waals surface area contributed by atoms with Crippen molar-refractivity contribution in [1.82, 2.24) is 0 Å². The number of benzene rings is 2. The van der Waals surface area contributed by atoms with Gasteiger partial charge in [-0.3, -0.25) is 0 Å². The zero-order valence-corrected chi connectivity index (χ0v) is 13.5. The van der Waals surface area contributed by atoms with Crippen molar-refractivity contribution >= 4 is 17.0 Å². The first-order valence-corrected chi connectivity index (χ1v) is 8.74. The predicted molar refractivity (Wildman–Crippen MR) is 98.4 cm³/mol. The topological polar surface area (TPSA) is 23.9 Å². The van der Waals surface area contributed by atoms with Crippen LogP contribution in [0, 0.1) is 11.3 Å². The number of fused-ring (bicyclic) bond motifs is 1. The Morgan fingerprint density at radius 3 is 2.70 bits per heavy atom. The molecule has 1 heteroatoms. The fraction of sp³-hybridized carbons (Fsp3) is 0.318. The normalized spacial score (nSPS) is 23.9. The average Bonchev–Trinajstić information content (AvgIpc) is 3.15. The van der Waals surface area contributed by atoms with E-state index in [2.05, 4.69) is 54.6 Å². The van der Waals surface area contributed by atoms with Crippen molar-refractivity contribution in [3.05, 3.63) is 71.3 Å². The Balaban J connectivity index is 1.74. The second kappa shape index (κ2) is 6.16. The lowest BCUT2D eigenvalue weighted by Crippen LogP contribution is -2.17. The van der Waals surface area contributed by atoms with Gasteiger partial charge in [-0.25, -0.2) is 0 Å². The van der Waals surface area contributed by atoms with E-state index < -0.39 is 0 Å². The van der Waals surface area contributed by atoms with E-state index in [1.54, 1.807) is 11.8 Å². The van der Waals surface area contributed by atoms with Crippen LogP contribution >= 0.6 is 0 Å². The zero-order chi connectivity index (χ0) is 15.6. The van der Waals surface area contributed by atoms with Crippen molar-refractivity contribution in [3.8, 4) is 0 Å². The van der Waals surface area contributed by atoms with E-state index in [0.29, 0.717) is 5.92 Å². The maximum Gasteiger partial charge on any atom is 0.0253 e. The van der Waals surface area contributed by atoms with Gasteiger partial charge in [0.05, 0.1) is 0 Å². The molecule has 2 aliphatic carbocycles. The van der Waals surface area contributed by atoms with Gasteiger partial charge in [0.25, 0.3) is 0 Å². The maximum absolute atomic E-state index is 7.85. The molecule has 0 bridgehead atoms. The summed E-state index contributed by atoms with van der Waals surface area (Å²) in [6.07, 6.45) is 14.6. The van der Waals surface area contributed by atoms with Crippen LogP contribution in [0.4, 0.5) is 0 Å². The second-order valence-corrected chi connectivity index (χ2v) is 6.87. The molecule has 0 radical (unpaired) electrons. The quantitative estimate of drug-likeness (QED) is 0.672. The third kappa shape index (κ3) is 2.65. The summed E-state index contributed by atoms with van der Waals surface area (Å²) in [5.41, 5.74) is 4.13. The third-order valence-corrected chi connectivity index (χ3v) is 5.57. The van der Waals surface area contributed by atoms with Crippen LogP contribution in [0.3, 0.4) is 0 Å². The molecule has 1 nitrogen and oxygen atoms in total. The minimum absolute atomic E-state index is 0.581. The summed E-state index contributed by atoms with van der Waals surface area (Å²) >= 11 is 0. The maximum atomic E-state index is 7.85. The summed E-state index contributed by atoms with van der Waals surface area (Å²) in [6, 6.07) is 12.9. The average molecular weight is 301 g/mol. The number of allylic oxidation sites excluding steroid dienone is 4. The molecule has 116 valence electrons. The zero-order valence-electron chi connectivity index (χ0n) is 13.5. The monoisotopic (exact) mass is 301 g/mol. The molecule has 2 atom stereocenters. The molecular formula is C22H23N. The fourth-order valence-corrected chi connectivity index (χ4v) is 4.45. The van der Waals surface area contributed by atoms with Crippen molar-refractivity contribution in [3.63, 3.8) is 0 Å². The van der Waals surface area contributed by atoms with E-state index in [4.69, 9.17) is 5.41 Å². The Hall–Kier alpha value is -2.15. The molecule has 2 aromatic carbocycles. The molecule has 0 heterocycles. The summed E-state index contributed by atoms with van der Waals surface area (Å²) in [7, 11) is 0. The standard InChI is InChI=1S/C22H23N/c23-15-20-13-12-17-8-3-4-11-21(17)22(20)19-10-5-9-18(14-19)16-6-1-2-7-16/h1-4,6,8,11-13,15,18-19,23H,5,7,9-10,14H2. The van der Waals surface area contributed by atoms with Crippen LogP contribution in [0.15, 0.2) is 60.2 Å². The van der Waals surface area contributed by atoms with E-state index in [0.717, 1.165) is 17.9 Å². The van der Waals surface area contributed by atoms with Crippen LogP contribution < -0.4 is 0 Å². The summed E-state index contributed by atoms with van der Waals surface area (Å²) in [4.78, 5) is 0. The van der Waals surface area contributed by atoms with Gasteiger partial charge in [-0.1, -0.05) is 66.6 Å². The Bertz CT molecular complexity index is 797. The molecule has 4 rings (SSSR count). The number of rotatable bonds is 3. The Kier molecular flexibility index (Phi) is 3.87. The molecule has 2 aliphatic rings. The van der Waals surface area contributed by atoms with Crippen molar-refractivity contribution in [2.45, 2.75) is 38.0 Å². The molecule has 23 heavy (non-hydrogen) atoms. The smallest absolute Gasteiger partial charge is 0.0253 e. The SMILES string of the molecule is N=Cc1ccc2ccccc2c1C1CCCC(C2=CC=CC2)C1. The van der Waals surface area contributed by atoms with Crippen molar-refractivity contribution in [1.29, 1.82) is 5.41 Å². The highest BCUT2D eigenvalue weighted by Crippen LogP contribution is 2.43. The predicted octanol–water partition coefficient (Wildman–Crippen LogP) is 6.00. The Morgan fingerprint density at radius 1 is 1.00 bits per heavy atom. The number of hydrogen-bond donors (Lipinski definition) is 1. The van der Waals surface area contributed by atoms with E-state index in [9.17, 15) is 0 Å². The number of hydrogen-bond acceptors (Lipinski definition) is 1. The Morgan fingerprint density at radius 2 is 1.87 bits per heavy atom. The molecule has 1 fully saturated rings. The fourth-order valence-electron chi connectivity index (χ4n) is 4.45. The summed E-state index contributed by atoms with van der Waals surface area (Å²) in [5.74, 6) is 1.30. The summed E-state index contributed by atoms with van der Waals surface area (Å²) in [6.45, 7) is 0. The Labute approximate surface area is 138 Å². The van der Waals surface area contributed by atoms with Gasteiger partial charge in [-0.15, -0.1) is 0 Å². The summed E-state index contributed by atoms with van der Waals surface area (Å²) < 4.78 is 0. The largest absolute Gasteiger partial charge is 0.308 e. The van der Waals surface area contributed by atoms with Crippen LogP contribution in [-0.2, 0) is 0 Å². The van der Waals surface area contributed by atoms with Crippen molar-refractivity contribution in [2.75, 3.05) is 0 Å². The van der Waals surface area contributed by atoms with Crippen LogP contribution in [-0.4, -0.2) is 6.21 Å². The molecule has 0 spiro atoms. The first kappa shape index (κ1) is 14.4. The molecule has 1 N–H and O–H groups in total. The molecule has 0 aromatic heterocycles. The minimum Gasteiger partial charge on any atom is -0.308 e. The van der Waals surface area contributed by atoms with Gasteiger partial charge < -0.3 is 5.41 Å². The molecule has 2 aromatic rings. The highest BCUT2D eigenvalue weighted by molar-refractivity contribution is 5.94. The van der Waals surface area contributed by atoms with Crippen LogP contribution in [0.1, 0.15) is 49.1 Å². The van der Waals surface area contributed by atoms with Crippen molar-refractivity contribution < 1.29 is 0 Å². The van der Waals surface area contributed by atoms with Gasteiger partial charge in [-0.2, -0.15) is 0 Å². The second-order valence-electron chi connectivity index (χ2n) is 6.87. The first-order valence-electron chi connectivity index (χ1n) is 8.74. The van der Waals surface area contributed by atoms with Gasteiger partial charge in [0, 0.05) is 6.21 Å². The highest BCUT2D eigenvalue weighted by Gasteiger charge is 2.28. The molecule has 0 saturated heterocycles. The molecular weight excluding hydrogens is 278 g/mol. The highest BCUT2D eigenvalue weighted by atomic mass is 14.4. The van der Waals surface area contributed by atoms with Gasteiger partial charge in [0.2, 0.25) is 0 Å². The van der Waals surface area contributed by atoms with Gasteiger partial charge >= 0.3 is 0 Å². The van der Waals surface area contributed by atoms with E-state index in [-0.39, 0.29) is 0 Å². The lowest BCUT2D eigenvalue weighted by atomic mass is 9.73. The van der Waals surface area contributed by atoms with Gasteiger partial charge in [-0.05, 0) is 59.4 Å².